The molecule has 0 heterocycles. The van der Waals surface area contributed by atoms with Crippen LogP contribution in [0.2, 0.25) is 0 Å². The van der Waals surface area contributed by atoms with E-state index in [1.807, 2.05) is 31.2 Å². The number of nitrogens with one attached hydrogen (secondary N) is 2. The average molecular weight is 351 g/mol. The van der Waals surface area contributed by atoms with E-state index in [-0.39, 0.29) is 11.7 Å². The Morgan fingerprint density at radius 1 is 1.14 bits per heavy atom. The fourth-order valence-electron chi connectivity index (χ4n) is 1.77. The smallest absolute Gasteiger partial charge is 0.224 e. The predicted molar refractivity (Wildman–Crippen MR) is 86.8 cm³/mol. The Morgan fingerprint density at radius 2 is 1.81 bits per heavy atom. The Balaban J connectivity index is 1.94. The number of hydrogen-bond donors (Lipinski definition) is 2. The summed E-state index contributed by atoms with van der Waals surface area (Å²) in [6.45, 7) is 2.41. The van der Waals surface area contributed by atoms with Gasteiger partial charge in [-0.3, -0.25) is 4.79 Å². The van der Waals surface area contributed by atoms with Crippen LogP contribution in [0.3, 0.4) is 0 Å². The minimum absolute atomic E-state index is 0.00753. The lowest BCUT2D eigenvalue weighted by molar-refractivity contribution is -0.115. The molecular weight excluding hydrogens is 335 g/mol. The third-order valence-corrected chi connectivity index (χ3v) is 3.58. The molecule has 0 aliphatic rings. The summed E-state index contributed by atoms with van der Waals surface area (Å²) in [7, 11) is 0. The number of anilines is 2. The van der Waals surface area contributed by atoms with Crippen molar-refractivity contribution < 1.29 is 9.18 Å². The molecule has 0 bridgehead atoms. The number of hydrogen-bond acceptors (Lipinski definition) is 2. The van der Waals surface area contributed by atoms with Crippen LogP contribution in [-0.2, 0) is 11.3 Å². The lowest BCUT2D eigenvalue weighted by atomic mass is 10.2. The monoisotopic (exact) mass is 350 g/mol. The van der Waals surface area contributed by atoms with E-state index in [1.165, 1.54) is 6.07 Å². The average Bonchev–Trinajstić information content (AvgIpc) is 2.50. The molecule has 5 heteroatoms. The van der Waals surface area contributed by atoms with E-state index >= 15 is 0 Å². The van der Waals surface area contributed by atoms with Crippen molar-refractivity contribution in [2.45, 2.75) is 19.9 Å². The summed E-state index contributed by atoms with van der Waals surface area (Å²) >= 11 is 3.17. The SMILES string of the molecule is CCC(=O)Nc1ccc(NCc2ccc(F)c(Br)c2)cc1. The van der Waals surface area contributed by atoms with Crippen LogP contribution in [0.25, 0.3) is 0 Å². The molecule has 0 saturated carbocycles. The zero-order valence-electron chi connectivity index (χ0n) is 11.6. The highest BCUT2D eigenvalue weighted by molar-refractivity contribution is 9.10. The molecule has 0 aliphatic carbocycles. The fourth-order valence-corrected chi connectivity index (χ4v) is 2.20. The van der Waals surface area contributed by atoms with E-state index in [4.69, 9.17) is 0 Å². The Kier molecular flexibility index (Phi) is 5.33. The molecule has 0 atom stereocenters. The van der Waals surface area contributed by atoms with Gasteiger partial charge < -0.3 is 10.6 Å². The van der Waals surface area contributed by atoms with Crippen molar-refractivity contribution in [3.63, 3.8) is 0 Å². The molecule has 1 amide bonds. The highest BCUT2D eigenvalue weighted by Crippen LogP contribution is 2.19. The molecule has 21 heavy (non-hydrogen) atoms. The van der Waals surface area contributed by atoms with Crippen LogP contribution in [0.4, 0.5) is 15.8 Å². The number of rotatable bonds is 5. The first kappa shape index (κ1) is 15.5. The highest BCUT2D eigenvalue weighted by atomic mass is 79.9. The Bertz CT molecular complexity index is 629. The molecule has 0 aliphatic heterocycles. The molecule has 2 aromatic rings. The van der Waals surface area contributed by atoms with Crippen molar-refractivity contribution in [2.75, 3.05) is 10.6 Å². The van der Waals surface area contributed by atoms with Gasteiger partial charge in [0.25, 0.3) is 0 Å². The minimum Gasteiger partial charge on any atom is -0.381 e. The second-order valence-corrected chi connectivity index (χ2v) is 5.44. The van der Waals surface area contributed by atoms with Gasteiger partial charge in [0, 0.05) is 24.3 Å². The highest BCUT2D eigenvalue weighted by Gasteiger charge is 2.01. The van der Waals surface area contributed by atoms with Crippen molar-refractivity contribution in [3.05, 3.63) is 58.3 Å². The van der Waals surface area contributed by atoms with E-state index in [1.54, 1.807) is 12.1 Å². The zero-order valence-corrected chi connectivity index (χ0v) is 13.2. The molecule has 0 spiro atoms. The summed E-state index contributed by atoms with van der Waals surface area (Å²) in [5.41, 5.74) is 2.69. The van der Waals surface area contributed by atoms with Crippen LogP contribution in [-0.4, -0.2) is 5.91 Å². The number of benzene rings is 2. The molecule has 110 valence electrons. The summed E-state index contributed by atoms with van der Waals surface area (Å²) < 4.78 is 13.6. The molecular formula is C16H16BrFN2O. The van der Waals surface area contributed by atoms with E-state index in [0.29, 0.717) is 17.4 Å². The minimum atomic E-state index is -0.269. The fraction of sp³-hybridized carbons (Fsp3) is 0.188. The van der Waals surface area contributed by atoms with Gasteiger partial charge in [0.05, 0.1) is 4.47 Å². The maximum absolute atomic E-state index is 13.1. The second kappa shape index (κ2) is 7.22. The van der Waals surface area contributed by atoms with Gasteiger partial charge in [-0.1, -0.05) is 13.0 Å². The molecule has 0 unspecified atom stereocenters. The predicted octanol–water partition coefficient (Wildman–Crippen LogP) is 4.55. The van der Waals surface area contributed by atoms with Crippen molar-refractivity contribution in [3.8, 4) is 0 Å². The molecule has 2 N–H and O–H groups in total. The third kappa shape index (κ3) is 4.56. The van der Waals surface area contributed by atoms with Crippen LogP contribution in [0.1, 0.15) is 18.9 Å². The molecule has 2 aromatic carbocycles. The summed E-state index contributed by atoms with van der Waals surface area (Å²) in [5, 5.41) is 6.04. The third-order valence-electron chi connectivity index (χ3n) is 2.97. The summed E-state index contributed by atoms with van der Waals surface area (Å²) in [5.74, 6) is -0.276. The molecule has 2 rings (SSSR count). The quantitative estimate of drug-likeness (QED) is 0.830. The van der Waals surface area contributed by atoms with Gasteiger partial charge >= 0.3 is 0 Å². The standard InChI is InChI=1S/C16H16BrFN2O/c1-2-16(21)20-13-6-4-12(5-7-13)19-10-11-3-8-15(18)14(17)9-11/h3-9,19H,2,10H2,1H3,(H,20,21). The molecule has 3 nitrogen and oxygen atoms in total. The van der Waals surface area contributed by atoms with Gasteiger partial charge in [-0.05, 0) is 57.9 Å². The Labute approximate surface area is 131 Å². The molecule has 0 aromatic heterocycles. The molecule has 0 saturated heterocycles. The summed E-state index contributed by atoms with van der Waals surface area (Å²) in [6, 6.07) is 12.4. The number of halogens is 2. The lowest BCUT2D eigenvalue weighted by Gasteiger charge is -2.09. The second-order valence-electron chi connectivity index (χ2n) is 4.58. The van der Waals surface area contributed by atoms with Gasteiger partial charge in [0.15, 0.2) is 0 Å². The van der Waals surface area contributed by atoms with Crippen LogP contribution in [0.5, 0.6) is 0 Å². The topological polar surface area (TPSA) is 41.1 Å². The molecule has 0 fully saturated rings. The van der Waals surface area contributed by atoms with Crippen molar-refractivity contribution in [1.29, 1.82) is 0 Å². The first-order valence-corrected chi connectivity index (χ1v) is 7.45. The van der Waals surface area contributed by atoms with Gasteiger partial charge in [-0.2, -0.15) is 0 Å². The maximum atomic E-state index is 13.1. The van der Waals surface area contributed by atoms with Gasteiger partial charge in [-0.25, -0.2) is 4.39 Å². The Hall–Kier alpha value is -1.88. The lowest BCUT2D eigenvalue weighted by Crippen LogP contribution is -2.09. The summed E-state index contributed by atoms with van der Waals surface area (Å²) in [4.78, 5) is 11.3. The van der Waals surface area contributed by atoms with Crippen molar-refractivity contribution in [2.24, 2.45) is 0 Å². The maximum Gasteiger partial charge on any atom is 0.224 e. The normalized spacial score (nSPS) is 10.2. The Morgan fingerprint density at radius 3 is 2.43 bits per heavy atom. The van der Waals surface area contributed by atoms with Crippen molar-refractivity contribution >= 4 is 33.2 Å². The van der Waals surface area contributed by atoms with Crippen LogP contribution >= 0.6 is 15.9 Å². The van der Waals surface area contributed by atoms with Crippen LogP contribution in [0, 0.1) is 5.82 Å². The first-order chi connectivity index (χ1) is 10.1. The molecule has 0 radical (unpaired) electrons. The van der Waals surface area contributed by atoms with Gasteiger partial charge in [-0.15, -0.1) is 0 Å². The zero-order chi connectivity index (χ0) is 15.2. The number of carbonyl (C=O) groups excluding carboxylic acids is 1. The number of amides is 1. The van der Waals surface area contributed by atoms with Crippen molar-refractivity contribution in [1.82, 2.24) is 0 Å². The largest absolute Gasteiger partial charge is 0.381 e. The first-order valence-electron chi connectivity index (χ1n) is 6.66. The van der Waals surface area contributed by atoms with E-state index in [0.717, 1.165) is 16.9 Å². The van der Waals surface area contributed by atoms with E-state index in [2.05, 4.69) is 26.6 Å². The number of carbonyl (C=O) groups is 1. The summed E-state index contributed by atoms with van der Waals surface area (Å²) in [6.07, 6.45) is 0.458. The van der Waals surface area contributed by atoms with Crippen LogP contribution < -0.4 is 10.6 Å². The van der Waals surface area contributed by atoms with Crippen LogP contribution in [0.15, 0.2) is 46.9 Å². The van der Waals surface area contributed by atoms with E-state index < -0.39 is 0 Å². The van der Waals surface area contributed by atoms with Gasteiger partial charge in [0.1, 0.15) is 5.82 Å². The van der Waals surface area contributed by atoms with E-state index in [9.17, 15) is 9.18 Å². The van der Waals surface area contributed by atoms with Gasteiger partial charge in [0.2, 0.25) is 5.91 Å².